The minimum atomic E-state index is -3.10. The summed E-state index contributed by atoms with van der Waals surface area (Å²) in [5, 5.41) is 7.91. The summed E-state index contributed by atoms with van der Waals surface area (Å²) in [5.74, 6) is 0.533. The first-order chi connectivity index (χ1) is 13.8. The number of halogens is 1. The lowest BCUT2D eigenvalue weighted by Gasteiger charge is -2.06. The van der Waals surface area contributed by atoms with Gasteiger partial charge >= 0.3 is 0 Å². The van der Waals surface area contributed by atoms with Gasteiger partial charge < -0.3 is 5.32 Å². The molecule has 10 heteroatoms. The largest absolute Gasteiger partial charge is 0.355 e. The Kier molecular flexibility index (Phi) is 8.85. The molecule has 1 aromatic carbocycles. The number of carbonyl (C=O) groups excluding carboxylic acids is 1. The number of unbranched alkanes of at least 4 members (excludes halogenated alkanes) is 1. The maximum Gasteiger partial charge on any atom is 0.221 e. The van der Waals surface area contributed by atoms with Crippen molar-refractivity contribution in [2.24, 2.45) is 0 Å². The first-order valence-electron chi connectivity index (χ1n) is 9.68. The standard InChI is InChI=1S/C19H27ClN4O3S2/c1-3-5-12-23-18(15-6-8-16(20)9-7-15)22-24(19(23)28)13-10-17(25)21-11-14-29(26,27)4-2/h6-9H,3-5,10-14H2,1-2H3,(H,21,25). The number of amides is 1. The second-order valence-corrected chi connectivity index (χ2v) is 9.95. The van der Waals surface area contributed by atoms with Gasteiger partial charge in [-0.3, -0.25) is 9.36 Å². The molecule has 0 radical (unpaired) electrons. The van der Waals surface area contributed by atoms with Crippen LogP contribution in [-0.4, -0.2) is 46.7 Å². The summed E-state index contributed by atoms with van der Waals surface area (Å²) in [6.45, 7) is 4.88. The molecule has 0 saturated carbocycles. The monoisotopic (exact) mass is 458 g/mol. The van der Waals surface area contributed by atoms with E-state index in [1.54, 1.807) is 23.7 Å². The Hall–Kier alpha value is -1.71. The van der Waals surface area contributed by atoms with E-state index in [1.165, 1.54) is 0 Å². The minimum Gasteiger partial charge on any atom is -0.355 e. The van der Waals surface area contributed by atoms with Crippen LogP contribution in [0.2, 0.25) is 5.02 Å². The minimum absolute atomic E-state index is 0.0545. The molecule has 7 nitrogen and oxygen atoms in total. The maximum absolute atomic E-state index is 12.1. The van der Waals surface area contributed by atoms with E-state index in [2.05, 4.69) is 17.3 Å². The van der Waals surface area contributed by atoms with Gasteiger partial charge in [-0.1, -0.05) is 31.9 Å². The Morgan fingerprint density at radius 2 is 1.90 bits per heavy atom. The highest BCUT2D eigenvalue weighted by Crippen LogP contribution is 2.21. The summed E-state index contributed by atoms with van der Waals surface area (Å²) in [5.41, 5.74) is 0.907. The number of carbonyl (C=O) groups is 1. The molecule has 0 atom stereocenters. The van der Waals surface area contributed by atoms with E-state index in [0.717, 1.165) is 30.8 Å². The lowest BCUT2D eigenvalue weighted by molar-refractivity contribution is -0.121. The van der Waals surface area contributed by atoms with Crippen molar-refractivity contribution >= 4 is 39.6 Å². The number of nitrogens with one attached hydrogen (secondary N) is 1. The van der Waals surface area contributed by atoms with E-state index in [4.69, 9.17) is 23.8 Å². The fourth-order valence-electron chi connectivity index (χ4n) is 2.70. The van der Waals surface area contributed by atoms with E-state index >= 15 is 0 Å². The molecule has 0 bridgehead atoms. The number of rotatable bonds is 11. The average molecular weight is 459 g/mol. The van der Waals surface area contributed by atoms with Gasteiger partial charge in [-0.2, -0.15) is 5.10 Å². The molecule has 0 saturated heterocycles. The molecule has 160 valence electrons. The Labute approximate surface area is 182 Å². The van der Waals surface area contributed by atoms with Crippen molar-refractivity contribution in [2.45, 2.75) is 46.2 Å². The van der Waals surface area contributed by atoms with Gasteiger partial charge in [-0.15, -0.1) is 0 Å². The molecule has 1 amide bonds. The van der Waals surface area contributed by atoms with E-state index in [-0.39, 0.29) is 30.4 Å². The highest BCUT2D eigenvalue weighted by molar-refractivity contribution is 7.91. The lowest BCUT2D eigenvalue weighted by atomic mass is 10.2. The first-order valence-corrected chi connectivity index (χ1v) is 12.3. The van der Waals surface area contributed by atoms with Gasteiger partial charge in [0.1, 0.15) is 0 Å². The van der Waals surface area contributed by atoms with Gasteiger partial charge in [-0.25, -0.2) is 13.1 Å². The van der Waals surface area contributed by atoms with Crippen molar-refractivity contribution in [2.75, 3.05) is 18.1 Å². The first kappa shape index (κ1) is 23.6. The molecule has 0 aliphatic carbocycles. The summed E-state index contributed by atoms with van der Waals surface area (Å²) in [6, 6.07) is 7.40. The molecular weight excluding hydrogens is 432 g/mol. The van der Waals surface area contributed by atoms with Crippen LogP contribution < -0.4 is 5.32 Å². The predicted octanol–water partition coefficient (Wildman–Crippen LogP) is 3.48. The van der Waals surface area contributed by atoms with Crippen LogP contribution in [0.25, 0.3) is 11.4 Å². The van der Waals surface area contributed by atoms with Crippen LogP contribution in [0.15, 0.2) is 24.3 Å². The van der Waals surface area contributed by atoms with E-state index in [1.807, 2.05) is 16.7 Å². The third-order valence-electron chi connectivity index (χ3n) is 4.49. The zero-order valence-electron chi connectivity index (χ0n) is 16.7. The fourth-order valence-corrected chi connectivity index (χ4v) is 3.84. The molecule has 1 N–H and O–H groups in total. The molecule has 1 heterocycles. The smallest absolute Gasteiger partial charge is 0.221 e. The summed E-state index contributed by atoms with van der Waals surface area (Å²) in [4.78, 5) is 12.1. The highest BCUT2D eigenvalue weighted by atomic mass is 35.5. The SMILES string of the molecule is CCCCn1c(-c2ccc(Cl)cc2)nn(CCC(=O)NCCS(=O)(=O)CC)c1=S. The second-order valence-electron chi connectivity index (χ2n) is 6.68. The molecule has 0 aliphatic rings. The zero-order chi connectivity index (χ0) is 21.4. The normalized spacial score (nSPS) is 11.6. The third-order valence-corrected chi connectivity index (χ3v) is 6.88. The predicted molar refractivity (Wildman–Crippen MR) is 118 cm³/mol. The number of nitrogens with zero attached hydrogens (tertiary/aromatic N) is 3. The van der Waals surface area contributed by atoms with Gasteiger partial charge in [0, 0.05) is 35.8 Å². The van der Waals surface area contributed by atoms with Gasteiger partial charge in [-0.05, 0) is 42.9 Å². The van der Waals surface area contributed by atoms with Crippen LogP contribution in [0, 0.1) is 4.77 Å². The molecular formula is C19H27ClN4O3S2. The third kappa shape index (κ3) is 6.94. The Morgan fingerprint density at radius 3 is 2.52 bits per heavy atom. The lowest BCUT2D eigenvalue weighted by Crippen LogP contribution is -2.30. The number of benzene rings is 1. The highest BCUT2D eigenvalue weighted by Gasteiger charge is 2.14. The summed E-state index contributed by atoms with van der Waals surface area (Å²) in [7, 11) is -3.10. The fraction of sp³-hybridized carbons (Fsp3) is 0.526. The van der Waals surface area contributed by atoms with Crippen molar-refractivity contribution in [1.29, 1.82) is 0 Å². The molecule has 0 spiro atoms. The molecule has 2 rings (SSSR count). The maximum atomic E-state index is 12.1. The topological polar surface area (TPSA) is 86.0 Å². The Balaban J connectivity index is 2.09. The quantitative estimate of drug-likeness (QED) is 0.521. The average Bonchev–Trinajstić information content (AvgIpc) is 3.00. The van der Waals surface area contributed by atoms with Crippen LogP contribution >= 0.6 is 23.8 Å². The van der Waals surface area contributed by atoms with Gasteiger partial charge in [0.05, 0.1) is 12.3 Å². The van der Waals surface area contributed by atoms with Gasteiger partial charge in [0.2, 0.25) is 5.91 Å². The van der Waals surface area contributed by atoms with Crippen molar-refractivity contribution in [1.82, 2.24) is 19.7 Å². The zero-order valence-corrected chi connectivity index (χ0v) is 19.1. The number of hydrogen-bond acceptors (Lipinski definition) is 5. The van der Waals surface area contributed by atoms with Crippen molar-refractivity contribution in [3.05, 3.63) is 34.1 Å². The van der Waals surface area contributed by atoms with E-state index in [0.29, 0.717) is 16.3 Å². The van der Waals surface area contributed by atoms with E-state index in [9.17, 15) is 13.2 Å². The van der Waals surface area contributed by atoms with E-state index < -0.39 is 9.84 Å². The van der Waals surface area contributed by atoms with Crippen molar-refractivity contribution in [3.63, 3.8) is 0 Å². The summed E-state index contributed by atoms with van der Waals surface area (Å²) >= 11 is 11.6. The van der Waals surface area contributed by atoms with Gasteiger partial charge in [0.25, 0.3) is 0 Å². The van der Waals surface area contributed by atoms with Gasteiger partial charge in [0.15, 0.2) is 20.4 Å². The molecule has 29 heavy (non-hydrogen) atoms. The summed E-state index contributed by atoms with van der Waals surface area (Å²) in [6.07, 6.45) is 2.16. The number of hydrogen-bond donors (Lipinski definition) is 1. The number of aromatic nitrogens is 3. The second kappa shape index (κ2) is 10.9. The molecule has 0 fully saturated rings. The van der Waals surface area contributed by atoms with Crippen molar-refractivity contribution in [3.8, 4) is 11.4 Å². The Bertz CT molecular complexity index is 982. The van der Waals surface area contributed by atoms with Crippen LogP contribution in [0.3, 0.4) is 0 Å². The molecule has 2 aromatic rings. The number of aryl methyl sites for hydroxylation is 1. The molecule has 0 unspecified atom stereocenters. The molecule has 1 aromatic heterocycles. The van der Waals surface area contributed by atoms with Crippen LogP contribution in [0.1, 0.15) is 33.1 Å². The van der Waals surface area contributed by atoms with Crippen LogP contribution in [0.5, 0.6) is 0 Å². The summed E-state index contributed by atoms with van der Waals surface area (Å²) < 4.78 is 27.2. The Morgan fingerprint density at radius 1 is 1.21 bits per heavy atom. The van der Waals surface area contributed by atoms with Crippen LogP contribution in [-0.2, 0) is 27.7 Å². The number of sulfone groups is 1. The van der Waals surface area contributed by atoms with Crippen molar-refractivity contribution < 1.29 is 13.2 Å². The molecule has 0 aliphatic heterocycles. The van der Waals surface area contributed by atoms with Crippen LogP contribution in [0.4, 0.5) is 0 Å².